The lowest BCUT2D eigenvalue weighted by molar-refractivity contribution is -0.145. The Balaban J connectivity index is 1.20. The van der Waals surface area contributed by atoms with Gasteiger partial charge in [-0.15, -0.1) is 0 Å². The van der Waals surface area contributed by atoms with E-state index in [1.54, 1.807) is 24.4 Å². The Morgan fingerprint density at radius 2 is 1.87 bits per heavy atom. The minimum absolute atomic E-state index is 0.0238. The van der Waals surface area contributed by atoms with Gasteiger partial charge in [-0.1, -0.05) is 53.5 Å². The summed E-state index contributed by atoms with van der Waals surface area (Å²) < 4.78 is 18.9. The van der Waals surface area contributed by atoms with Gasteiger partial charge in [0.1, 0.15) is 41.6 Å². The molecule has 1 aliphatic carbocycles. The quantitative estimate of drug-likeness (QED) is 0.0946. The number of carbonyl (C=O) groups is 1. The Bertz CT molecular complexity index is 2010. The maximum Gasteiger partial charge on any atom is 0.326 e. The van der Waals surface area contributed by atoms with Crippen molar-refractivity contribution in [3.63, 3.8) is 0 Å². The van der Waals surface area contributed by atoms with E-state index in [1.807, 2.05) is 37.3 Å². The molecule has 0 spiro atoms. The number of β-amino-alcohol motifs (C(OH)–C–C–N with tert-alkyl or cyclic N) is 1. The molecule has 13 heteroatoms. The van der Waals surface area contributed by atoms with Crippen molar-refractivity contribution in [3.8, 4) is 34.4 Å². The zero-order chi connectivity index (χ0) is 37.8. The van der Waals surface area contributed by atoms with E-state index in [0.29, 0.717) is 70.1 Å². The zero-order valence-corrected chi connectivity index (χ0v) is 31.1. The molecule has 11 nitrogen and oxygen atoms in total. The van der Waals surface area contributed by atoms with E-state index in [2.05, 4.69) is 27.3 Å². The number of pyridine rings is 1. The monoisotopic (exact) mass is 760 g/mol. The lowest BCUT2D eigenvalue weighted by Gasteiger charge is -2.44. The normalized spacial score (nSPS) is 17.3. The number of aromatic nitrogens is 1. The minimum atomic E-state index is -1.60. The van der Waals surface area contributed by atoms with Gasteiger partial charge in [-0.25, -0.2) is 0 Å². The van der Waals surface area contributed by atoms with Crippen molar-refractivity contribution >= 4 is 29.2 Å². The number of hydrogen-bond acceptors (Lipinski definition) is 10. The number of nitrogens with one attached hydrogen (secondary N) is 1. The second-order valence-electron chi connectivity index (χ2n) is 14.1. The molecule has 53 heavy (non-hydrogen) atoms. The Hall–Kier alpha value is -4.41. The van der Waals surface area contributed by atoms with E-state index in [4.69, 9.17) is 37.4 Å². The molecule has 0 unspecified atom stereocenters. The van der Waals surface area contributed by atoms with Gasteiger partial charge in [0.15, 0.2) is 0 Å². The highest BCUT2D eigenvalue weighted by atomic mass is 35.5. The van der Waals surface area contributed by atoms with Gasteiger partial charge in [0.05, 0.1) is 34.4 Å². The summed E-state index contributed by atoms with van der Waals surface area (Å²) in [5.41, 5.74) is 3.43. The summed E-state index contributed by atoms with van der Waals surface area (Å²) in [6, 6.07) is 19.0. The predicted octanol–water partition coefficient (Wildman–Crippen LogP) is 6.33. The maximum atomic E-state index is 11.8. The molecular weight excluding hydrogens is 719 g/mol. The van der Waals surface area contributed by atoms with E-state index in [1.165, 1.54) is 13.1 Å². The van der Waals surface area contributed by atoms with Crippen LogP contribution >= 0.6 is 23.2 Å². The van der Waals surface area contributed by atoms with Gasteiger partial charge in [0, 0.05) is 61.3 Å². The number of aliphatic hydroxyl groups is 2. The third kappa shape index (κ3) is 8.87. The molecule has 4 N–H and O–H groups in total. The first-order valence-corrected chi connectivity index (χ1v) is 18.2. The SMILES string of the molecule is CC1(O)CN(CCCOc2cccc(-c3cccc4c3CC[C@@H]4Oc3cc(OCc4cncc(C#N)c4)c(CN[C@@](C)(CO)C(=O)O)cc3Cl)c2Cl)C1. The topological polar surface area (TPSA) is 157 Å². The van der Waals surface area contributed by atoms with Gasteiger partial charge in [-0.2, -0.15) is 5.26 Å². The highest BCUT2D eigenvalue weighted by Crippen LogP contribution is 2.45. The molecule has 0 amide bonds. The van der Waals surface area contributed by atoms with Crippen molar-refractivity contribution < 1.29 is 34.3 Å². The van der Waals surface area contributed by atoms with Crippen LogP contribution < -0.4 is 19.5 Å². The number of carboxylic acids is 1. The second kappa shape index (κ2) is 16.3. The number of nitrogens with zero attached hydrogens (tertiary/aromatic N) is 3. The van der Waals surface area contributed by atoms with Crippen molar-refractivity contribution in [2.75, 3.05) is 32.8 Å². The van der Waals surface area contributed by atoms with E-state index < -0.39 is 23.7 Å². The van der Waals surface area contributed by atoms with Gasteiger partial charge >= 0.3 is 5.97 Å². The highest BCUT2D eigenvalue weighted by molar-refractivity contribution is 6.35. The van der Waals surface area contributed by atoms with Crippen LogP contribution in [0.25, 0.3) is 11.1 Å². The number of halogens is 2. The summed E-state index contributed by atoms with van der Waals surface area (Å²) in [5, 5.41) is 42.5. The molecule has 2 atom stereocenters. The van der Waals surface area contributed by atoms with Crippen LogP contribution in [0.3, 0.4) is 0 Å². The fraction of sp³-hybridized carbons (Fsp3) is 0.375. The third-order valence-electron chi connectivity index (χ3n) is 9.63. The average molecular weight is 762 g/mol. The maximum absolute atomic E-state index is 11.8. The van der Waals surface area contributed by atoms with Crippen LogP contribution in [-0.2, 0) is 24.4 Å². The van der Waals surface area contributed by atoms with Gasteiger partial charge in [-0.05, 0) is 68.0 Å². The van der Waals surface area contributed by atoms with E-state index in [-0.39, 0.29) is 19.3 Å². The summed E-state index contributed by atoms with van der Waals surface area (Å²) in [5.74, 6) is 0.185. The number of likely N-dealkylation sites (tertiary alicyclic amines) is 1. The van der Waals surface area contributed by atoms with Crippen LogP contribution in [0.5, 0.6) is 17.2 Å². The number of fused-ring (bicyclic) bond motifs is 1. The first kappa shape index (κ1) is 38.3. The highest BCUT2D eigenvalue weighted by Gasteiger charge is 2.36. The van der Waals surface area contributed by atoms with Gasteiger partial charge < -0.3 is 29.5 Å². The number of aliphatic carboxylic acids is 1. The number of hydrogen-bond donors (Lipinski definition) is 4. The molecule has 6 rings (SSSR count). The average Bonchev–Trinajstić information content (AvgIpc) is 3.55. The molecule has 2 aliphatic rings. The summed E-state index contributed by atoms with van der Waals surface area (Å²) in [7, 11) is 0. The fourth-order valence-electron chi connectivity index (χ4n) is 6.74. The number of carboxylic acid groups (broad SMARTS) is 1. The molecule has 1 aromatic heterocycles. The lowest BCUT2D eigenvalue weighted by atomic mass is 9.96. The van der Waals surface area contributed by atoms with Crippen LogP contribution in [0, 0.1) is 11.3 Å². The van der Waals surface area contributed by atoms with Crippen molar-refractivity contribution in [2.24, 2.45) is 0 Å². The number of aliphatic hydroxyl groups excluding tert-OH is 1. The fourth-order valence-corrected chi connectivity index (χ4v) is 7.25. The van der Waals surface area contributed by atoms with E-state index in [0.717, 1.165) is 41.6 Å². The van der Waals surface area contributed by atoms with Crippen LogP contribution in [0.2, 0.25) is 10.0 Å². The van der Waals surface area contributed by atoms with Crippen molar-refractivity contribution in [1.29, 1.82) is 5.26 Å². The van der Waals surface area contributed by atoms with Crippen molar-refractivity contribution in [3.05, 3.63) is 105 Å². The molecule has 2 heterocycles. The molecule has 0 bridgehead atoms. The molecule has 0 radical (unpaired) electrons. The Morgan fingerprint density at radius 1 is 1.09 bits per heavy atom. The molecule has 0 saturated carbocycles. The lowest BCUT2D eigenvalue weighted by Crippen LogP contribution is -2.59. The van der Waals surface area contributed by atoms with Crippen molar-refractivity contribution in [2.45, 2.75) is 63.5 Å². The minimum Gasteiger partial charge on any atom is -0.492 e. The van der Waals surface area contributed by atoms with Gasteiger partial charge in [-0.3, -0.25) is 20.0 Å². The second-order valence-corrected chi connectivity index (χ2v) is 14.9. The van der Waals surface area contributed by atoms with E-state index >= 15 is 0 Å². The largest absolute Gasteiger partial charge is 0.492 e. The molecule has 1 saturated heterocycles. The summed E-state index contributed by atoms with van der Waals surface area (Å²) >= 11 is 13.8. The summed E-state index contributed by atoms with van der Waals surface area (Å²) in [4.78, 5) is 18.1. The summed E-state index contributed by atoms with van der Waals surface area (Å²) in [6.45, 7) is 5.41. The first-order chi connectivity index (χ1) is 25.4. The molecule has 4 aromatic rings. The van der Waals surface area contributed by atoms with Crippen LogP contribution in [0.1, 0.15) is 60.6 Å². The Kier molecular flexibility index (Phi) is 11.8. The third-order valence-corrected chi connectivity index (χ3v) is 10.3. The van der Waals surface area contributed by atoms with Crippen LogP contribution in [0.15, 0.2) is 67.0 Å². The standard InChI is InChI=1S/C40H42Cl2N4O7/c1-39(50)22-46(23-39)12-5-13-51-34-9-4-8-31(37(34)42)28-6-3-7-30-29(28)10-11-33(30)53-36-16-35(52-21-26-14-25(17-43)18-44-19-26)27(15-32(36)41)20-45-40(2,24-47)38(48)49/h3-4,6-9,14-16,18-19,33,45,47,50H,5,10-13,20-24H2,1-2H3,(H,48,49)/t33-,40-/m0/s1. The van der Waals surface area contributed by atoms with E-state index in [9.17, 15) is 25.4 Å². The Labute approximate surface area is 318 Å². The number of ether oxygens (including phenoxy) is 3. The number of benzene rings is 3. The summed E-state index contributed by atoms with van der Waals surface area (Å²) in [6.07, 6.45) is 5.00. The Morgan fingerprint density at radius 3 is 2.60 bits per heavy atom. The molecule has 1 fully saturated rings. The van der Waals surface area contributed by atoms with Crippen LogP contribution in [0.4, 0.5) is 0 Å². The molecule has 3 aromatic carbocycles. The number of nitriles is 1. The predicted molar refractivity (Wildman–Crippen MR) is 200 cm³/mol. The van der Waals surface area contributed by atoms with Crippen LogP contribution in [-0.4, -0.2) is 75.2 Å². The smallest absolute Gasteiger partial charge is 0.326 e. The van der Waals surface area contributed by atoms with Gasteiger partial charge in [0.25, 0.3) is 0 Å². The zero-order valence-electron chi connectivity index (χ0n) is 29.6. The molecular formula is C40H42Cl2N4O7. The first-order valence-electron chi connectivity index (χ1n) is 17.4. The molecule has 1 aliphatic heterocycles. The van der Waals surface area contributed by atoms with Gasteiger partial charge in [0.2, 0.25) is 0 Å². The van der Waals surface area contributed by atoms with Crippen molar-refractivity contribution in [1.82, 2.24) is 15.2 Å². The number of rotatable bonds is 16. The molecule has 278 valence electrons.